The smallest absolute Gasteiger partial charge is 0.409 e. The van der Waals surface area contributed by atoms with Crippen LogP contribution in [0.1, 0.15) is 18.4 Å². The number of halogens is 2. The average Bonchev–Trinajstić information content (AvgIpc) is 2.98. The zero-order valence-corrected chi connectivity index (χ0v) is 16.5. The van der Waals surface area contributed by atoms with Crippen LogP contribution in [-0.4, -0.2) is 54.3 Å². The summed E-state index contributed by atoms with van der Waals surface area (Å²) in [4.78, 5) is 29.7. The Morgan fingerprint density at radius 2 is 2.19 bits per heavy atom. The third-order valence-corrected chi connectivity index (χ3v) is 4.78. The van der Waals surface area contributed by atoms with Crippen LogP contribution in [0.5, 0.6) is 5.75 Å². The molecule has 0 saturated carbocycles. The van der Waals surface area contributed by atoms with Crippen LogP contribution in [0.25, 0.3) is 6.08 Å². The molecule has 10 heteroatoms. The number of nitrogens with zero attached hydrogens (tertiary/aromatic N) is 3. The van der Waals surface area contributed by atoms with Gasteiger partial charge in [0.25, 0.3) is 5.91 Å². The van der Waals surface area contributed by atoms with Crippen LogP contribution >= 0.6 is 24.2 Å². The van der Waals surface area contributed by atoms with Gasteiger partial charge >= 0.3 is 6.09 Å². The lowest BCUT2D eigenvalue weighted by Crippen LogP contribution is -2.45. The van der Waals surface area contributed by atoms with Gasteiger partial charge in [0.2, 0.25) is 0 Å². The van der Waals surface area contributed by atoms with Crippen molar-refractivity contribution in [3.05, 3.63) is 34.5 Å². The summed E-state index contributed by atoms with van der Waals surface area (Å²) in [6.45, 7) is 1.63. The second kappa shape index (κ2) is 9.20. The third kappa shape index (κ3) is 5.21. The summed E-state index contributed by atoms with van der Waals surface area (Å²) in [7, 11) is 3.06. The van der Waals surface area contributed by atoms with Crippen LogP contribution in [0.15, 0.2) is 28.1 Å². The topological polar surface area (TPSA) is 74.2 Å². The summed E-state index contributed by atoms with van der Waals surface area (Å²) in [6, 6.07) is 3.83. The van der Waals surface area contributed by atoms with Crippen molar-refractivity contribution in [3.8, 4) is 5.75 Å². The molecular weight excluding hydrogens is 395 g/mol. The Hall–Kier alpha value is -2.10. The first kappa shape index (κ1) is 21.2. The van der Waals surface area contributed by atoms with Gasteiger partial charge in [-0.15, -0.1) is 12.4 Å². The number of ether oxygens (including phenoxy) is 1. The first-order valence-electron chi connectivity index (χ1n) is 8.16. The molecule has 0 aliphatic carbocycles. The zero-order chi connectivity index (χ0) is 18.7. The number of rotatable bonds is 2. The van der Waals surface area contributed by atoms with E-state index in [2.05, 4.69) is 10.4 Å². The highest BCUT2D eigenvalue weighted by Crippen LogP contribution is 2.32. The number of nitrogens with one attached hydrogen (secondary N) is 1. The Bertz CT molecular complexity index is 794. The van der Waals surface area contributed by atoms with Gasteiger partial charge < -0.3 is 9.64 Å². The molecule has 1 N–H and O–H groups in total. The largest absolute Gasteiger partial charge is 0.414 e. The summed E-state index contributed by atoms with van der Waals surface area (Å²) in [5.41, 5.74) is 3.63. The minimum Gasteiger partial charge on any atom is -0.409 e. The predicted octanol–water partition coefficient (Wildman–Crippen LogP) is 2.88. The number of hydrogen-bond donors (Lipinski definition) is 1. The lowest BCUT2D eigenvalue weighted by Gasteiger charge is -2.28. The molecule has 0 unspecified atom stereocenters. The summed E-state index contributed by atoms with van der Waals surface area (Å²) in [5.74, 6) is -0.853. The SMILES string of the molecule is CN(C)C(=O)Oc1cc(F)ccc1/C=C1/SC(N2CCCCN2)=NC1=O.Cl. The second-order valence-electron chi connectivity index (χ2n) is 6.02. The fourth-order valence-corrected chi connectivity index (χ4v) is 3.32. The number of benzene rings is 1. The molecular formula is C17H20ClFN4O3S. The number of amidine groups is 1. The normalized spacial score (nSPS) is 18.2. The van der Waals surface area contributed by atoms with E-state index in [0.29, 0.717) is 15.6 Å². The molecule has 2 amide bonds. The summed E-state index contributed by atoms with van der Waals surface area (Å²) in [5, 5.41) is 2.46. The summed E-state index contributed by atoms with van der Waals surface area (Å²) in [6.07, 6.45) is 3.05. The number of aliphatic imine (C=N–C) groups is 1. The number of thioether (sulfide) groups is 1. The van der Waals surface area contributed by atoms with Crippen LogP contribution in [-0.2, 0) is 4.79 Å². The van der Waals surface area contributed by atoms with E-state index < -0.39 is 11.9 Å². The van der Waals surface area contributed by atoms with Crippen molar-refractivity contribution in [1.82, 2.24) is 15.3 Å². The van der Waals surface area contributed by atoms with Crippen LogP contribution in [0, 0.1) is 5.82 Å². The molecule has 0 atom stereocenters. The second-order valence-corrected chi connectivity index (χ2v) is 7.03. The molecule has 2 heterocycles. The van der Waals surface area contributed by atoms with Gasteiger partial charge in [0, 0.05) is 38.8 Å². The quantitative estimate of drug-likeness (QED) is 0.750. The molecule has 1 aromatic carbocycles. The number of hydrazine groups is 1. The van der Waals surface area contributed by atoms with E-state index in [1.807, 2.05) is 5.01 Å². The maximum absolute atomic E-state index is 13.6. The lowest BCUT2D eigenvalue weighted by molar-refractivity contribution is -0.113. The molecule has 3 rings (SSSR count). The molecule has 1 aromatic rings. The van der Waals surface area contributed by atoms with Crippen molar-refractivity contribution in [2.45, 2.75) is 12.8 Å². The molecule has 0 aromatic heterocycles. The molecule has 146 valence electrons. The molecule has 1 saturated heterocycles. The van der Waals surface area contributed by atoms with E-state index >= 15 is 0 Å². The standard InChI is InChI=1S/C17H19FN4O3S.ClH/c1-21(2)17(24)25-13-10-12(18)6-5-11(13)9-14-15(23)20-16(26-14)22-8-4-3-7-19-22;/h5-6,9-10,19H,3-4,7-8H2,1-2H3;1H/b14-9+;. The van der Waals surface area contributed by atoms with E-state index in [1.54, 1.807) is 6.08 Å². The molecule has 2 aliphatic rings. The number of carbonyl (C=O) groups excluding carboxylic acids is 2. The Labute approximate surface area is 167 Å². The highest BCUT2D eigenvalue weighted by Gasteiger charge is 2.27. The Morgan fingerprint density at radius 1 is 1.41 bits per heavy atom. The van der Waals surface area contributed by atoms with Crippen molar-refractivity contribution in [3.63, 3.8) is 0 Å². The van der Waals surface area contributed by atoms with Crippen molar-refractivity contribution < 1.29 is 18.7 Å². The first-order valence-corrected chi connectivity index (χ1v) is 8.98. The van der Waals surface area contributed by atoms with Gasteiger partial charge in [0.15, 0.2) is 5.17 Å². The van der Waals surface area contributed by atoms with Gasteiger partial charge in [-0.1, -0.05) is 0 Å². The van der Waals surface area contributed by atoms with Crippen molar-refractivity contribution in [1.29, 1.82) is 0 Å². The van der Waals surface area contributed by atoms with Gasteiger partial charge in [-0.2, -0.15) is 4.99 Å². The highest BCUT2D eigenvalue weighted by atomic mass is 35.5. The molecule has 7 nitrogen and oxygen atoms in total. The van der Waals surface area contributed by atoms with E-state index in [9.17, 15) is 14.0 Å². The minimum atomic E-state index is -0.630. The van der Waals surface area contributed by atoms with Crippen molar-refractivity contribution in [2.24, 2.45) is 4.99 Å². The van der Waals surface area contributed by atoms with Crippen molar-refractivity contribution >= 4 is 47.4 Å². The maximum atomic E-state index is 13.6. The number of amides is 2. The van der Waals surface area contributed by atoms with Crippen LogP contribution in [0.3, 0.4) is 0 Å². The highest BCUT2D eigenvalue weighted by molar-refractivity contribution is 8.18. The van der Waals surface area contributed by atoms with Crippen LogP contribution in [0.2, 0.25) is 0 Å². The molecule has 1 fully saturated rings. The predicted molar refractivity (Wildman–Crippen MR) is 105 cm³/mol. The molecule has 2 aliphatic heterocycles. The van der Waals surface area contributed by atoms with Gasteiger partial charge in [0.05, 0.1) is 4.91 Å². The maximum Gasteiger partial charge on any atom is 0.414 e. The third-order valence-electron chi connectivity index (χ3n) is 3.78. The lowest BCUT2D eigenvalue weighted by atomic mass is 10.2. The van der Waals surface area contributed by atoms with Gasteiger partial charge in [-0.3, -0.25) is 9.80 Å². The molecule has 0 spiro atoms. The number of hydrogen-bond acceptors (Lipinski definition) is 6. The van der Waals surface area contributed by atoms with E-state index in [1.165, 1.54) is 42.9 Å². The fraction of sp³-hybridized carbons (Fsp3) is 0.353. The van der Waals surface area contributed by atoms with Gasteiger partial charge in [0.1, 0.15) is 11.6 Å². The first-order chi connectivity index (χ1) is 12.4. The van der Waals surface area contributed by atoms with Crippen LogP contribution in [0.4, 0.5) is 9.18 Å². The molecule has 0 radical (unpaired) electrons. The number of carbonyl (C=O) groups is 2. The van der Waals surface area contributed by atoms with Gasteiger partial charge in [-0.05, 0) is 42.8 Å². The van der Waals surface area contributed by atoms with Crippen molar-refractivity contribution in [2.75, 3.05) is 27.2 Å². The average molecular weight is 415 g/mol. The monoisotopic (exact) mass is 414 g/mol. The summed E-state index contributed by atoms with van der Waals surface area (Å²) >= 11 is 1.24. The van der Waals surface area contributed by atoms with E-state index in [0.717, 1.165) is 32.0 Å². The molecule has 27 heavy (non-hydrogen) atoms. The van der Waals surface area contributed by atoms with E-state index in [-0.39, 0.29) is 24.1 Å². The van der Waals surface area contributed by atoms with Crippen LogP contribution < -0.4 is 10.2 Å². The van der Waals surface area contributed by atoms with E-state index in [4.69, 9.17) is 4.74 Å². The Balaban J connectivity index is 0.00000261. The van der Waals surface area contributed by atoms with Gasteiger partial charge in [-0.25, -0.2) is 14.6 Å². The summed E-state index contributed by atoms with van der Waals surface area (Å²) < 4.78 is 18.8. The minimum absolute atomic E-state index is 0. The zero-order valence-electron chi connectivity index (χ0n) is 14.9. The Kier molecular flexibility index (Phi) is 7.23. The fourth-order valence-electron chi connectivity index (χ4n) is 2.41. The molecule has 0 bridgehead atoms. The Morgan fingerprint density at radius 3 is 2.85 bits per heavy atom.